The average molecular weight is 807 g/mol. The maximum absolute atomic E-state index is 12.8. The van der Waals surface area contributed by atoms with Gasteiger partial charge in [0.25, 0.3) is 0 Å². The predicted octanol–water partition coefficient (Wildman–Crippen LogP) is 13.7. The molecule has 0 bridgehead atoms. The van der Waals surface area contributed by atoms with Gasteiger partial charge in [0.15, 0.2) is 0 Å². The van der Waals surface area contributed by atoms with E-state index in [-0.39, 0.29) is 18.0 Å². The lowest BCUT2D eigenvalue weighted by molar-refractivity contribution is -0.150. The van der Waals surface area contributed by atoms with Crippen LogP contribution in [-0.2, 0) is 19.1 Å². The summed E-state index contributed by atoms with van der Waals surface area (Å²) in [5.74, 6) is -1.30. The van der Waals surface area contributed by atoms with E-state index in [0.717, 1.165) is 122 Å². The second-order valence-electron chi connectivity index (χ2n) is 15.4. The summed E-state index contributed by atoms with van der Waals surface area (Å²) >= 11 is 0. The number of hydrogen-bond acceptors (Lipinski definition) is 5. The maximum atomic E-state index is 12.8. The van der Waals surface area contributed by atoms with E-state index in [1.165, 1.54) is 38.5 Å². The van der Waals surface area contributed by atoms with Crippen molar-refractivity contribution in [3.63, 3.8) is 0 Å². The second kappa shape index (κ2) is 44.6. The number of carboxylic acid groups (broad SMARTS) is 1. The van der Waals surface area contributed by atoms with E-state index in [0.29, 0.717) is 32.2 Å². The number of carbonyl (C=O) groups is 3. The fourth-order valence-corrected chi connectivity index (χ4v) is 6.45. The second-order valence-corrected chi connectivity index (χ2v) is 15.4. The van der Waals surface area contributed by atoms with Gasteiger partial charge in [-0.2, -0.15) is 0 Å². The van der Waals surface area contributed by atoms with Crippen LogP contribution in [0.5, 0.6) is 0 Å². The molecule has 0 heterocycles. The molecule has 0 spiro atoms. The van der Waals surface area contributed by atoms with Gasteiger partial charge in [-0.1, -0.05) is 150 Å². The summed E-state index contributed by atoms with van der Waals surface area (Å²) in [7, 11) is 0. The van der Waals surface area contributed by atoms with Gasteiger partial charge in [0.1, 0.15) is 12.1 Å². The first-order valence-corrected chi connectivity index (χ1v) is 23.4. The number of unbranched alkanes of at least 4 members (excludes halogenated alkanes) is 13. The molecule has 0 aromatic carbocycles. The molecule has 0 saturated carbocycles. The van der Waals surface area contributed by atoms with E-state index in [1.807, 2.05) is 0 Å². The van der Waals surface area contributed by atoms with Gasteiger partial charge in [-0.3, -0.25) is 9.59 Å². The van der Waals surface area contributed by atoms with Gasteiger partial charge in [-0.05, 0) is 129 Å². The van der Waals surface area contributed by atoms with Gasteiger partial charge < -0.3 is 20.9 Å². The molecule has 1 amide bonds. The first-order chi connectivity index (χ1) is 28.4. The third-order valence-electron chi connectivity index (χ3n) is 9.94. The van der Waals surface area contributed by atoms with Gasteiger partial charge >= 0.3 is 11.9 Å². The van der Waals surface area contributed by atoms with Crippen molar-refractivity contribution in [3.8, 4) is 0 Å². The summed E-state index contributed by atoms with van der Waals surface area (Å²) in [5, 5.41) is 11.9. The normalized spacial score (nSPS) is 13.4. The Kier molecular flexibility index (Phi) is 42.0. The Balaban J connectivity index is 4.46. The van der Waals surface area contributed by atoms with Crippen LogP contribution in [0.2, 0.25) is 0 Å². The molecule has 0 aliphatic heterocycles. The number of hydrogen-bond donors (Lipinski definition) is 3. The summed E-state index contributed by atoms with van der Waals surface area (Å²) in [5.41, 5.74) is 5.49. The SMILES string of the molecule is CC/C=C\C/C=C\C/C=C\C/C=C\C/C=C\CCCCCC(=O)OC(CCC/C=C\C/C=C\CCCCCCC)CCCCCCCC(=O)NC(CCCN)C(=O)O. The molecular weight excluding hydrogens is 721 g/mol. The van der Waals surface area contributed by atoms with Crippen LogP contribution in [0.3, 0.4) is 0 Å². The maximum Gasteiger partial charge on any atom is 0.326 e. The van der Waals surface area contributed by atoms with Crippen molar-refractivity contribution in [2.24, 2.45) is 5.73 Å². The highest BCUT2D eigenvalue weighted by Gasteiger charge is 2.19. The van der Waals surface area contributed by atoms with Crippen molar-refractivity contribution in [2.45, 2.75) is 212 Å². The number of carbonyl (C=O) groups excluding carboxylic acids is 2. The Bertz CT molecular complexity index is 1180. The molecule has 58 heavy (non-hydrogen) atoms. The zero-order chi connectivity index (χ0) is 42.4. The monoisotopic (exact) mass is 807 g/mol. The summed E-state index contributed by atoms with van der Waals surface area (Å²) in [6.07, 6.45) is 59.1. The summed E-state index contributed by atoms with van der Waals surface area (Å²) < 4.78 is 6.02. The van der Waals surface area contributed by atoms with Crippen molar-refractivity contribution in [1.29, 1.82) is 0 Å². The molecule has 0 rings (SSSR count). The molecule has 0 fully saturated rings. The zero-order valence-electron chi connectivity index (χ0n) is 37.1. The van der Waals surface area contributed by atoms with Crippen molar-refractivity contribution in [2.75, 3.05) is 6.54 Å². The van der Waals surface area contributed by atoms with Gasteiger partial charge in [0.05, 0.1) is 0 Å². The molecule has 7 heteroatoms. The zero-order valence-corrected chi connectivity index (χ0v) is 37.1. The fraction of sp³-hybridized carbons (Fsp3) is 0.667. The Hall–Kier alpha value is -3.45. The smallest absolute Gasteiger partial charge is 0.326 e. The molecule has 7 nitrogen and oxygen atoms in total. The van der Waals surface area contributed by atoms with Crippen molar-refractivity contribution in [3.05, 3.63) is 85.1 Å². The van der Waals surface area contributed by atoms with Gasteiger partial charge in [0, 0.05) is 12.8 Å². The average Bonchev–Trinajstić information content (AvgIpc) is 3.21. The molecule has 0 aromatic rings. The lowest BCUT2D eigenvalue weighted by Gasteiger charge is -2.18. The quantitative estimate of drug-likeness (QED) is 0.0322. The van der Waals surface area contributed by atoms with E-state index >= 15 is 0 Å². The number of aliphatic carboxylic acids is 1. The Morgan fingerprint density at radius 3 is 1.52 bits per heavy atom. The van der Waals surface area contributed by atoms with Gasteiger partial charge in [0.2, 0.25) is 5.91 Å². The Morgan fingerprint density at radius 1 is 0.517 bits per heavy atom. The van der Waals surface area contributed by atoms with Crippen LogP contribution in [0.1, 0.15) is 200 Å². The minimum atomic E-state index is -1.01. The summed E-state index contributed by atoms with van der Waals surface area (Å²) in [6, 6.07) is -0.868. The van der Waals surface area contributed by atoms with Crippen molar-refractivity contribution in [1.82, 2.24) is 5.32 Å². The molecule has 0 radical (unpaired) electrons. The van der Waals surface area contributed by atoms with Crippen LogP contribution in [0.15, 0.2) is 85.1 Å². The molecule has 330 valence electrons. The standard InChI is InChI=1S/C51H86N2O5/c1-3-5-7-9-11-13-15-17-18-19-20-21-22-24-26-28-30-35-39-45-50(55)58-47(41-36-32-29-27-25-23-16-14-12-10-8-6-4-2)42-37-33-31-34-38-44-49(54)53-48(51(56)57)43-40-46-52/h5,7,11,13,16-18,20-21,23-24,26-27,29,47-48H,3-4,6,8-10,12,14-15,19,22,25,28,30-46,52H2,1-2H3,(H,53,54)(H,56,57)/b7-5-,13-11-,18-17-,21-20-,23-16-,26-24-,29-27-. The molecule has 2 atom stereocenters. The van der Waals surface area contributed by atoms with E-state index in [9.17, 15) is 19.5 Å². The number of allylic oxidation sites excluding steroid dienone is 14. The molecule has 0 saturated heterocycles. The number of nitrogens with one attached hydrogen (secondary N) is 1. The minimum Gasteiger partial charge on any atom is -0.480 e. The molecule has 4 N–H and O–H groups in total. The first kappa shape index (κ1) is 54.6. The van der Waals surface area contributed by atoms with Crippen molar-refractivity contribution >= 4 is 17.8 Å². The molecule has 2 unspecified atom stereocenters. The highest BCUT2D eigenvalue weighted by molar-refractivity contribution is 5.83. The number of amides is 1. The first-order valence-electron chi connectivity index (χ1n) is 23.4. The van der Waals surface area contributed by atoms with Crippen LogP contribution in [0, 0.1) is 0 Å². The van der Waals surface area contributed by atoms with Crippen LogP contribution in [-0.4, -0.2) is 41.6 Å². The third kappa shape index (κ3) is 40.7. The fourth-order valence-electron chi connectivity index (χ4n) is 6.45. The van der Waals surface area contributed by atoms with E-state index in [4.69, 9.17) is 10.5 Å². The Labute approximate surface area is 355 Å². The van der Waals surface area contributed by atoms with Gasteiger partial charge in [-0.25, -0.2) is 4.79 Å². The van der Waals surface area contributed by atoms with E-state index < -0.39 is 12.0 Å². The van der Waals surface area contributed by atoms with E-state index in [1.54, 1.807) is 0 Å². The minimum absolute atomic E-state index is 0.0537. The molecule has 0 aliphatic rings. The van der Waals surface area contributed by atoms with Crippen LogP contribution in [0.4, 0.5) is 0 Å². The Morgan fingerprint density at radius 2 is 0.966 bits per heavy atom. The topological polar surface area (TPSA) is 119 Å². The molecule has 0 aliphatic carbocycles. The largest absolute Gasteiger partial charge is 0.480 e. The number of rotatable bonds is 41. The van der Waals surface area contributed by atoms with Crippen molar-refractivity contribution < 1.29 is 24.2 Å². The molecular formula is C51H86N2O5. The van der Waals surface area contributed by atoms with E-state index in [2.05, 4.69) is 104 Å². The molecule has 0 aromatic heterocycles. The number of nitrogens with two attached hydrogens (primary N) is 1. The van der Waals surface area contributed by atoms with Gasteiger partial charge in [-0.15, -0.1) is 0 Å². The lowest BCUT2D eigenvalue weighted by atomic mass is 10.0. The third-order valence-corrected chi connectivity index (χ3v) is 9.94. The number of ether oxygens (including phenoxy) is 1. The van der Waals surface area contributed by atoms with Crippen LogP contribution < -0.4 is 11.1 Å². The lowest BCUT2D eigenvalue weighted by Crippen LogP contribution is -2.40. The highest BCUT2D eigenvalue weighted by Crippen LogP contribution is 2.17. The van der Waals surface area contributed by atoms with Crippen LogP contribution in [0.25, 0.3) is 0 Å². The summed E-state index contributed by atoms with van der Waals surface area (Å²) in [4.78, 5) is 36.5. The highest BCUT2D eigenvalue weighted by atomic mass is 16.5. The predicted molar refractivity (Wildman–Crippen MR) is 248 cm³/mol. The van der Waals surface area contributed by atoms with Crippen LogP contribution >= 0.6 is 0 Å². The number of carboxylic acids is 1. The number of esters is 1. The summed E-state index contributed by atoms with van der Waals surface area (Å²) in [6.45, 7) is 4.81.